The van der Waals surface area contributed by atoms with Gasteiger partial charge in [-0.05, 0) is 23.6 Å². The summed E-state index contributed by atoms with van der Waals surface area (Å²) < 4.78 is 10.7. The summed E-state index contributed by atoms with van der Waals surface area (Å²) in [6.45, 7) is 4.38. The van der Waals surface area contributed by atoms with Gasteiger partial charge in [0.2, 0.25) is 6.79 Å². The van der Waals surface area contributed by atoms with E-state index in [4.69, 9.17) is 21.1 Å². The number of pyridine rings is 1. The van der Waals surface area contributed by atoms with Gasteiger partial charge < -0.3 is 14.8 Å². The van der Waals surface area contributed by atoms with Crippen LogP contribution in [-0.2, 0) is 0 Å². The third kappa shape index (κ3) is 1.95. The summed E-state index contributed by atoms with van der Waals surface area (Å²) in [7, 11) is 0. The molecular formula is C13H11ClN2O2. The second-order valence-corrected chi connectivity index (χ2v) is 4.49. The van der Waals surface area contributed by atoms with Crippen molar-refractivity contribution in [3.8, 4) is 11.5 Å². The molecule has 0 fully saturated rings. The number of benzene rings is 1. The molecule has 0 radical (unpaired) electrons. The molecule has 2 aromatic rings. The summed E-state index contributed by atoms with van der Waals surface area (Å²) in [5.74, 6) is 2.26. The molecule has 0 amide bonds. The van der Waals surface area contributed by atoms with E-state index in [1.165, 1.54) is 0 Å². The van der Waals surface area contributed by atoms with E-state index >= 15 is 0 Å². The van der Waals surface area contributed by atoms with Crippen LogP contribution in [0, 0.1) is 0 Å². The van der Waals surface area contributed by atoms with Crippen LogP contribution in [0.25, 0.3) is 10.8 Å². The summed E-state index contributed by atoms with van der Waals surface area (Å²) in [4.78, 5) is 4.30. The number of ether oxygens (including phenoxy) is 2. The van der Waals surface area contributed by atoms with E-state index in [1.54, 1.807) is 6.20 Å². The fraction of sp³-hybridized carbons (Fsp3) is 0.154. The van der Waals surface area contributed by atoms with E-state index in [0.717, 1.165) is 28.1 Å². The maximum atomic E-state index is 5.74. The topological polar surface area (TPSA) is 43.4 Å². The van der Waals surface area contributed by atoms with Gasteiger partial charge >= 0.3 is 0 Å². The highest BCUT2D eigenvalue weighted by Gasteiger charge is 2.15. The highest BCUT2D eigenvalue weighted by Crippen LogP contribution is 2.37. The molecule has 0 atom stereocenters. The lowest BCUT2D eigenvalue weighted by Gasteiger charge is -2.08. The number of hydrogen-bond acceptors (Lipinski definition) is 4. The molecule has 0 saturated carbocycles. The molecular weight excluding hydrogens is 252 g/mol. The second-order valence-electron chi connectivity index (χ2n) is 3.96. The first-order valence-corrected chi connectivity index (χ1v) is 5.87. The zero-order valence-electron chi connectivity index (χ0n) is 9.57. The minimum atomic E-state index is 0.264. The lowest BCUT2D eigenvalue weighted by atomic mass is 10.1. The van der Waals surface area contributed by atoms with Gasteiger partial charge in [-0.1, -0.05) is 18.2 Å². The summed E-state index contributed by atoms with van der Waals surface area (Å²) in [6, 6.07) is 5.79. The standard InChI is InChI=1S/C13H11ClN2O2/c1-8(14)6-16-13-10-5-12-11(17-7-18-12)4-9(10)2-3-15-13/h2-5H,1,6-7H2,(H,15,16). The quantitative estimate of drug-likeness (QED) is 0.923. The first-order chi connectivity index (χ1) is 8.74. The van der Waals surface area contributed by atoms with Crippen molar-refractivity contribution in [2.45, 2.75) is 0 Å². The second kappa shape index (κ2) is 4.38. The molecule has 1 aliphatic heterocycles. The molecule has 3 rings (SSSR count). The van der Waals surface area contributed by atoms with E-state index < -0.39 is 0 Å². The molecule has 5 heteroatoms. The van der Waals surface area contributed by atoms with E-state index in [-0.39, 0.29) is 6.79 Å². The highest BCUT2D eigenvalue weighted by molar-refractivity contribution is 6.29. The van der Waals surface area contributed by atoms with Crippen LogP contribution in [0.3, 0.4) is 0 Å². The lowest BCUT2D eigenvalue weighted by Crippen LogP contribution is -2.03. The predicted molar refractivity (Wildman–Crippen MR) is 71.3 cm³/mol. The fourth-order valence-corrected chi connectivity index (χ4v) is 1.95. The fourth-order valence-electron chi connectivity index (χ4n) is 1.88. The van der Waals surface area contributed by atoms with Crippen LogP contribution < -0.4 is 14.8 Å². The number of halogens is 1. The number of aromatic nitrogens is 1. The van der Waals surface area contributed by atoms with Crippen LogP contribution in [0.5, 0.6) is 11.5 Å². The third-order valence-electron chi connectivity index (χ3n) is 2.71. The Labute approximate surface area is 109 Å². The van der Waals surface area contributed by atoms with Crippen molar-refractivity contribution in [1.82, 2.24) is 4.98 Å². The van der Waals surface area contributed by atoms with Gasteiger partial charge in [-0.15, -0.1) is 0 Å². The number of rotatable bonds is 3. The molecule has 1 aliphatic rings. The Hall–Kier alpha value is -1.94. The molecule has 4 nitrogen and oxygen atoms in total. The Bertz CT molecular complexity index is 628. The molecule has 0 aliphatic carbocycles. The molecule has 1 aromatic heterocycles. The van der Waals surface area contributed by atoms with Crippen LogP contribution in [-0.4, -0.2) is 18.3 Å². The molecule has 0 bridgehead atoms. The summed E-state index contributed by atoms with van der Waals surface area (Å²) in [6.07, 6.45) is 1.74. The van der Waals surface area contributed by atoms with Crippen LogP contribution in [0.2, 0.25) is 0 Å². The normalized spacial score (nSPS) is 12.7. The van der Waals surface area contributed by atoms with Crippen molar-refractivity contribution in [1.29, 1.82) is 0 Å². The largest absolute Gasteiger partial charge is 0.454 e. The first kappa shape index (κ1) is 11.2. The van der Waals surface area contributed by atoms with Gasteiger partial charge in [-0.3, -0.25) is 0 Å². The van der Waals surface area contributed by atoms with Gasteiger partial charge in [0.05, 0.1) is 6.54 Å². The van der Waals surface area contributed by atoms with Crippen molar-refractivity contribution in [2.75, 3.05) is 18.7 Å². The SMILES string of the molecule is C=C(Cl)CNc1nccc2cc3c(cc12)OCO3. The van der Waals surface area contributed by atoms with Crippen molar-refractivity contribution in [3.63, 3.8) is 0 Å². The summed E-state index contributed by atoms with van der Waals surface area (Å²) in [5.41, 5.74) is 0. The van der Waals surface area contributed by atoms with Gasteiger partial charge in [-0.2, -0.15) is 0 Å². The number of hydrogen-bond donors (Lipinski definition) is 1. The van der Waals surface area contributed by atoms with Gasteiger partial charge in [0.15, 0.2) is 11.5 Å². The summed E-state index contributed by atoms with van der Waals surface area (Å²) in [5, 5.41) is 5.69. The lowest BCUT2D eigenvalue weighted by molar-refractivity contribution is 0.174. The Morgan fingerprint density at radius 1 is 1.39 bits per heavy atom. The maximum absolute atomic E-state index is 5.74. The molecule has 1 aromatic carbocycles. The molecule has 1 N–H and O–H groups in total. The molecule has 92 valence electrons. The Kier molecular flexibility index (Phi) is 2.72. The van der Waals surface area contributed by atoms with Gasteiger partial charge in [0, 0.05) is 16.6 Å². The van der Waals surface area contributed by atoms with Crippen molar-refractivity contribution in [3.05, 3.63) is 36.0 Å². The van der Waals surface area contributed by atoms with Gasteiger partial charge in [0.1, 0.15) is 5.82 Å². The molecule has 2 heterocycles. The minimum absolute atomic E-state index is 0.264. The van der Waals surface area contributed by atoms with Crippen LogP contribution >= 0.6 is 11.6 Å². The Balaban J connectivity index is 2.06. The smallest absolute Gasteiger partial charge is 0.231 e. The number of nitrogens with zero attached hydrogens (tertiary/aromatic N) is 1. The number of nitrogens with one attached hydrogen (secondary N) is 1. The first-order valence-electron chi connectivity index (χ1n) is 5.49. The van der Waals surface area contributed by atoms with Crippen LogP contribution in [0.1, 0.15) is 0 Å². The number of fused-ring (bicyclic) bond motifs is 2. The van der Waals surface area contributed by atoms with E-state index in [9.17, 15) is 0 Å². The van der Waals surface area contributed by atoms with Gasteiger partial charge in [-0.25, -0.2) is 4.98 Å². The molecule has 18 heavy (non-hydrogen) atoms. The van der Waals surface area contributed by atoms with E-state index in [0.29, 0.717) is 11.6 Å². The molecule has 0 saturated heterocycles. The minimum Gasteiger partial charge on any atom is -0.454 e. The Morgan fingerprint density at radius 3 is 2.94 bits per heavy atom. The average molecular weight is 263 g/mol. The third-order valence-corrected chi connectivity index (χ3v) is 2.84. The predicted octanol–water partition coefficient (Wildman–Crippen LogP) is 3.13. The van der Waals surface area contributed by atoms with E-state index in [2.05, 4.69) is 16.9 Å². The number of anilines is 1. The summed E-state index contributed by atoms with van der Waals surface area (Å²) >= 11 is 5.74. The van der Waals surface area contributed by atoms with Crippen LogP contribution in [0.15, 0.2) is 36.0 Å². The average Bonchev–Trinajstić information content (AvgIpc) is 2.80. The monoisotopic (exact) mass is 262 g/mol. The zero-order chi connectivity index (χ0) is 12.5. The van der Waals surface area contributed by atoms with E-state index in [1.807, 2.05) is 18.2 Å². The highest BCUT2D eigenvalue weighted by atomic mass is 35.5. The van der Waals surface area contributed by atoms with Crippen molar-refractivity contribution in [2.24, 2.45) is 0 Å². The van der Waals surface area contributed by atoms with Crippen molar-refractivity contribution < 1.29 is 9.47 Å². The molecule has 0 unspecified atom stereocenters. The van der Waals surface area contributed by atoms with Crippen LogP contribution in [0.4, 0.5) is 5.82 Å². The van der Waals surface area contributed by atoms with Crippen molar-refractivity contribution >= 4 is 28.2 Å². The Morgan fingerprint density at radius 2 is 2.17 bits per heavy atom. The van der Waals surface area contributed by atoms with Gasteiger partial charge in [0.25, 0.3) is 0 Å². The maximum Gasteiger partial charge on any atom is 0.231 e. The zero-order valence-corrected chi connectivity index (χ0v) is 10.3. The molecule has 0 spiro atoms.